The zero-order chi connectivity index (χ0) is 22.0. The molecule has 1 N–H and O–H groups in total. The Kier molecular flexibility index (Phi) is 5.72. The molecular weight excluding hydrogens is 384 g/mol. The number of nitrogens with one attached hydrogen (secondary N) is 1. The van der Waals surface area contributed by atoms with E-state index < -0.39 is 0 Å². The van der Waals surface area contributed by atoms with Gasteiger partial charge in [-0.15, -0.1) is 0 Å². The summed E-state index contributed by atoms with van der Waals surface area (Å²) in [6, 6.07) is 24.9. The molecule has 0 spiro atoms. The molecule has 4 heteroatoms. The molecule has 1 heterocycles. The molecule has 0 saturated heterocycles. The number of amides is 2. The van der Waals surface area contributed by atoms with E-state index in [0.29, 0.717) is 22.9 Å². The molecule has 0 aliphatic carbocycles. The van der Waals surface area contributed by atoms with Crippen LogP contribution >= 0.6 is 0 Å². The van der Waals surface area contributed by atoms with E-state index in [1.54, 1.807) is 0 Å². The zero-order valence-corrected chi connectivity index (χ0v) is 18.1. The van der Waals surface area contributed by atoms with Gasteiger partial charge < -0.3 is 5.32 Å². The molecule has 0 radical (unpaired) electrons. The summed E-state index contributed by atoms with van der Waals surface area (Å²) < 4.78 is 0. The Morgan fingerprint density at radius 3 is 2.03 bits per heavy atom. The van der Waals surface area contributed by atoms with Crippen molar-refractivity contribution in [2.45, 2.75) is 33.1 Å². The Morgan fingerprint density at radius 1 is 0.806 bits per heavy atom. The van der Waals surface area contributed by atoms with Crippen molar-refractivity contribution < 1.29 is 9.59 Å². The van der Waals surface area contributed by atoms with Crippen LogP contribution in [0.25, 0.3) is 5.57 Å². The molecule has 1 aliphatic heterocycles. The Labute approximate surface area is 183 Å². The molecule has 2 amide bonds. The first-order valence-corrected chi connectivity index (χ1v) is 10.6. The lowest BCUT2D eigenvalue weighted by Crippen LogP contribution is -2.32. The van der Waals surface area contributed by atoms with E-state index in [0.717, 1.165) is 23.2 Å². The molecule has 3 aromatic rings. The van der Waals surface area contributed by atoms with Gasteiger partial charge >= 0.3 is 0 Å². The number of hydrogen-bond acceptors (Lipinski definition) is 3. The van der Waals surface area contributed by atoms with Gasteiger partial charge in [0, 0.05) is 5.69 Å². The van der Waals surface area contributed by atoms with Crippen molar-refractivity contribution in [3.63, 3.8) is 0 Å². The summed E-state index contributed by atoms with van der Waals surface area (Å²) in [5.41, 5.74) is 5.13. The van der Waals surface area contributed by atoms with E-state index in [4.69, 9.17) is 0 Å². The SMILES string of the molecule is CCc1ccc(NC2=C(c3ccccc3)C(=O)N(c3ccc(C(C)C)cc3)C2=O)cc1. The number of carbonyl (C=O) groups excluding carboxylic acids is 2. The van der Waals surface area contributed by atoms with Gasteiger partial charge in [-0.3, -0.25) is 9.59 Å². The molecule has 3 aromatic carbocycles. The maximum absolute atomic E-state index is 13.4. The molecule has 156 valence electrons. The van der Waals surface area contributed by atoms with Crippen LogP contribution in [-0.2, 0) is 16.0 Å². The van der Waals surface area contributed by atoms with E-state index in [9.17, 15) is 9.59 Å². The Balaban J connectivity index is 1.74. The third-order valence-electron chi connectivity index (χ3n) is 5.60. The minimum atomic E-state index is -0.347. The first-order chi connectivity index (χ1) is 15.0. The normalized spacial score (nSPS) is 14.0. The number of rotatable bonds is 6. The lowest BCUT2D eigenvalue weighted by Gasteiger charge is -2.16. The first kappa shape index (κ1) is 20.6. The predicted molar refractivity (Wildman–Crippen MR) is 126 cm³/mol. The lowest BCUT2D eigenvalue weighted by molar-refractivity contribution is -0.120. The van der Waals surface area contributed by atoms with Gasteiger partial charge in [-0.25, -0.2) is 4.90 Å². The zero-order valence-electron chi connectivity index (χ0n) is 18.1. The Morgan fingerprint density at radius 2 is 1.45 bits per heavy atom. The number of carbonyl (C=O) groups is 2. The minimum absolute atomic E-state index is 0.299. The fourth-order valence-electron chi connectivity index (χ4n) is 3.73. The van der Waals surface area contributed by atoms with Gasteiger partial charge in [-0.05, 0) is 53.3 Å². The van der Waals surface area contributed by atoms with Crippen LogP contribution in [0.15, 0.2) is 84.6 Å². The number of hydrogen-bond donors (Lipinski definition) is 1. The summed E-state index contributed by atoms with van der Waals surface area (Å²) in [6.07, 6.45) is 0.940. The number of benzene rings is 3. The largest absolute Gasteiger partial charge is 0.350 e. The molecule has 31 heavy (non-hydrogen) atoms. The van der Waals surface area contributed by atoms with Gasteiger partial charge in [0.25, 0.3) is 11.8 Å². The van der Waals surface area contributed by atoms with Gasteiger partial charge in [-0.2, -0.15) is 0 Å². The molecule has 0 saturated carbocycles. The van der Waals surface area contributed by atoms with Crippen LogP contribution in [0.4, 0.5) is 11.4 Å². The summed E-state index contributed by atoms with van der Waals surface area (Å²) in [4.78, 5) is 28.1. The number of nitrogens with zero attached hydrogens (tertiary/aromatic N) is 1. The third kappa shape index (κ3) is 4.02. The molecule has 1 aliphatic rings. The van der Waals surface area contributed by atoms with Gasteiger partial charge in [0.1, 0.15) is 5.70 Å². The second kappa shape index (κ2) is 8.60. The fourth-order valence-corrected chi connectivity index (χ4v) is 3.73. The first-order valence-electron chi connectivity index (χ1n) is 10.6. The highest BCUT2D eigenvalue weighted by Crippen LogP contribution is 2.34. The average molecular weight is 411 g/mol. The summed E-state index contributed by atoms with van der Waals surface area (Å²) >= 11 is 0. The van der Waals surface area contributed by atoms with Crippen molar-refractivity contribution in [2.75, 3.05) is 10.2 Å². The fraction of sp³-hybridized carbons (Fsp3) is 0.185. The topological polar surface area (TPSA) is 49.4 Å². The molecule has 0 unspecified atom stereocenters. The lowest BCUT2D eigenvalue weighted by atomic mass is 10.0. The van der Waals surface area contributed by atoms with Crippen molar-refractivity contribution in [3.05, 3.63) is 101 Å². The maximum atomic E-state index is 13.4. The van der Waals surface area contributed by atoms with Crippen molar-refractivity contribution in [2.24, 2.45) is 0 Å². The Bertz CT molecular complexity index is 1130. The minimum Gasteiger partial charge on any atom is -0.350 e. The molecular formula is C27H26N2O2. The van der Waals surface area contributed by atoms with Crippen LogP contribution in [-0.4, -0.2) is 11.8 Å². The number of aryl methyl sites for hydroxylation is 1. The second-order valence-corrected chi connectivity index (χ2v) is 7.98. The molecule has 0 bridgehead atoms. The van der Waals surface area contributed by atoms with Crippen molar-refractivity contribution in [1.29, 1.82) is 0 Å². The summed E-state index contributed by atoms with van der Waals surface area (Å²) in [6.45, 7) is 6.32. The van der Waals surface area contributed by atoms with E-state index >= 15 is 0 Å². The van der Waals surface area contributed by atoms with Crippen LogP contribution in [0.2, 0.25) is 0 Å². The monoisotopic (exact) mass is 410 g/mol. The standard InChI is InChI=1S/C27H26N2O2/c1-4-19-10-14-22(15-11-19)28-25-24(21-8-6-5-7-9-21)26(30)29(27(25)31)23-16-12-20(13-17-23)18(2)3/h5-18,28H,4H2,1-3H3. The third-order valence-corrected chi connectivity index (χ3v) is 5.60. The highest BCUT2D eigenvalue weighted by atomic mass is 16.2. The highest BCUT2D eigenvalue weighted by Gasteiger charge is 2.40. The van der Waals surface area contributed by atoms with Crippen LogP contribution in [0, 0.1) is 0 Å². The predicted octanol–water partition coefficient (Wildman–Crippen LogP) is 5.77. The smallest absolute Gasteiger partial charge is 0.282 e. The van der Waals surface area contributed by atoms with Crippen LogP contribution in [0.1, 0.15) is 43.4 Å². The van der Waals surface area contributed by atoms with Gasteiger partial charge in [0.2, 0.25) is 0 Å². The quantitative estimate of drug-likeness (QED) is 0.525. The molecule has 4 rings (SSSR count). The Hall–Kier alpha value is -3.66. The van der Waals surface area contributed by atoms with Crippen LogP contribution in [0.3, 0.4) is 0 Å². The van der Waals surface area contributed by atoms with Crippen LogP contribution in [0.5, 0.6) is 0 Å². The average Bonchev–Trinajstić information content (AvgIpc) is 3.04. The summed E-state index contributed by atoms with van der Waals surface area (Å²) in [5.74, 6) is -0.290. The highest BCUT2D eigenvalue weighted by molar-refractivity contribution is 6.46. The molecule has 0 atom stereocenters. The van der Waals surface area contributed by atoms with E-state index in [1.165, 1.54) is 10.5 Å². The van der Waals surface area contributed by atoms with E-state index in [-0.39, 0.29) is 11.8 Å². The van der Waals surface area contributed by atoms with Crippen molar-refractivity contribution >= 4 is 28.8 Å². The number of imide groups is 1. The summed E-state index contributed by atoms with van der Waals surface area (Å²) in [7, 11) is 0. The van der Waals surface area contributed by atoms with Crippen molar-refractivity contribution in [3.8, 4) is 0 Å². The van der Waals surface area contributed by atoms with Gasteiger partial charge in [-0.1, -0.05) is 75.4 Å². The van der Waals surface area contributed by atoms with Gasteiger partial charge in [0.15, 0.2) is 0 Å². The number of anilines is 2. The van der Waals surface area contributed by atoms with Gasteiger partial charge in [0.05, 0.1) is 11.3 Å². The van der Waals surface area contributed by atoms with E-state index in [2.05, 4.69) is 26.1 Å². The molecule has 0 fully saturated rings. The van der Waals surface area contributed by atoms with E-state index in [1.807, 2.05) is 78.9 Å². The summed E-state index contributed by atoms with van der Waals surface area (Å²) in [5, 5.41) is 3.22. The second-order valence-electron chi connectivity index (χ2n) is 7.98. The molecule has 4 nitrogen and oxygen atoms in total. The van der Waals surface area contributed by atoms with Crippen molar-refractivity contribution in [1.82, 2.24) is 0 Å². The molecule has 0 aromatic heterocycles. The van der Waals surface area contributed by atoms with Crippen LogP contribution < -0.4 is 10.2 Å². The maximum Gasteiger partial charge on any atom is 0.282 e.